The Kier molecular flexibility index (Phi) is 4.15. The number of amides is 1. The molecule has 0 aliphatic heterocycles. The smallest absolute Gasteiger partial charge is 0.270 e. The summed E-state index contributed by atoms with van der Waals surface area (Å²) in [5.41, 5.74) is 1.30. The third kappa shape index (κ3) is 3.67. The number of H-pyrrole nitrogens is 1. The van der Waals surface area contributed by atoms with Gasteiger partial charge in [-0.25, -0.2) is 0 Å². The minimum Gasteiger partial charge on any atom is -0.507 e. The maximum atomic E-state index is 12.5. The van der Waals surface area contributed by atoms with Crippen LogP contribution in [0.5, 0.6) is 5.75 Å². The maximum Gasteiger partial charge on any atom is 0.270 e. The van der Waals surface area contributed by atoms with Crippen molar-refractivity contribution in [1.82, 2.24) is 20.6 Å². The fraction of sp³-hybridized carbons (Fsp3) is 0.500. The normalized spacial score (nSPS) is 12.3. The highest BCUT2D eigenvalue weighted by molar-refractivity contribution is 6.03. The molecule has 23 heavy (non-hydrogen) atoms. The molecule has 0 saturated heterocycles. The highest BCUT2D eigenvalue weighted by Gasteiger charge is 2.28. The number of carbonyl (C=O) groups is 1. The van der Waals surface area contributed by atoms with Crippen molar-refractivity contribution >= 4 is 11.9 Å². The standard InChI is InChI=1S/C16H23N5O2/c1-15(2,3)10-7-9(8-11(12(10)22)16(4,5)6)13(23)17-14-18-20-21-19-14/h7-8,22H,1-6H3,(H2,17,18,19,20,21,23). The topological polar surface area (TPSA) is 104 Å². The molecule has 0 spiro atoms. The summed E-state index contributed by atoms with van der Waals surface area (Å²) in [6.45, 7) is 12.0. The Morgan fingerprint density at radius 3 is 2.00 bits per heavy atom. The van der Waals surface area contributed by atoms with E-state index in [9.17, 15) is 9.90 Å². The van der Waals surface area contributed by atoms with E-state index in [0.29, 0.717) is 5.56 Å². The fourth-order valence-corrected chi connectivity index (χ4v) is 2.30. The molecule has 1 heterocycles. The van der Waals surface area contributed by atoms with Crippen LogP contribution in [-0.2, 0) is 10.8 Å². The summed E-state index contributed by atoms with van der Waals surface area (Å²) in [6.07, 6.45) is 0. The molecule has 7 heteroatoms. The molecule has 0 radical (unpaired) electrons. The maximum absolute atomic E-state index is 12.5. The van der Waals surface area contributed by atoms with Gasteiger partial charge in [0, 0.05) is 16.7 Å². The Balaban J connectivity index is 2.53. The summed E-state index contributed by atoms with van der Waals surface area (Å²) in [7, 11) is 0. The Hall–Kier alpha value is -2.44. The van der Waals surface area contributed by atoms with Crippen molar-refractivity contribution in [2.45, 2.75) is 52.4 Å². The minimum absolute atomic E-state index is 0.109. The van der Waals surface area contributed by atoms with Crippen LogP contribution in [0.25, 0.3) is 0 Å². The van der Waals surface area contributed by atoms with Gasteiger partial charge >= 0.3 is 0 Å². The van der Waals surface area contributed by atoms with Crippen LogP contribution in [0.3, 0.4) is 0 Å². The van der Waals surface area contributed by atoms with Crippen LogP contribution in [0.15, 0.2) is 12.1 Å². The van der Waals surface area contributed by atoms with Crippen LogP contribution < -0.4 is 5.32 Å². The molecule has 0 fully saturated rings. The molecule has 1 amide bonds. The Labute approximate surface area is 135 Å². The van der Waals surface area contributed by atoms with Crippen LogP contribution in [0.1, 0.15) is 63.0 Å². The number of aromatic nitrogens is 4. The van der Waals surface area contributed by atoms with Crippen molar-refractivity contribution in [2.75, 3.05) is 5.32 Å². The second-order valence-electron chi connectivity index (χ2n) is 7.61. The lowest BCUT2D eigenvalue weighted by atomic mass is 9.78. The van der Waals surface area contributed by atoms with E-state index in [4.69, 9.17) is 0 Å². The molecular formula is C16H23N5O2. The molecule has 0 saturated carbocycles. The number of phenols is 1. The fourth-order valence-electron chi connectivity index (χ4n) is 2.30. The molecule has 0 bridgehead atoms. The quantitative estimate of drug-likeness (QED) is 0.790. The van der Waals surface area contributed by atoms with Gasteiger partial charge in [0.15, 0.2) is 0 Å². The van der Waals surface area contributed by atoms with Crippen LogP contribution in [0.4, 0.5) is 5.95 Å². The molecule has 7 nitrogen and oxygen atoms in total. The van der Waals surface area contributed by atoms with E-state index >= 15 is 0 Å². The van der Waals surface area contributed by atoms with E-state index < -0.39 is 0 Å². The number of benzene rings is 1. The average Bonchev–Trinajstić information content (AvgIpc) is 2.88. The summed E-state index contributed by atoms with van der Waals surface area (Å²) in [5.74, 6) is 0.00111. The summed E-state index contributed by atoms with van der Waals surface area (Å²) in [5, 5.41) is 26.3. The number of hydrogen-bond donors (Lipinski definition) is 3. The van der Waals surface area contributed by atoms with E-state index in [-0.39, 0.29) is 28.4 Å². The Bertz CT molecular complexity index is 674. The average molecular weight is 317 g/mol. The molecule has 1 aromatic carbocycles. The van der Waals surface area contributed by atoms with Crippen molar-refractivity contribution in [2.24, 2.45) is 0 Å². The van der Waals surface area contributed by atoms with Gasteiger partial charge in [-0.2, -0.15) is 5.21 Å². The molecule has 2 rings (SSSR count). The van der Waals surface area contributed by atoms with Gasteiger partial charge in [-0.15, -0.1) is 5.10 Å². The van der Waals surface area contributed by atoms with E-state index in [0.717, 1.165) is 11.1 Å². The molecule has 2 aromatic rings. The minimum atomic E-state index is -0.345. The molecule has 124 valence electrons. The van der Waals surface area contributed by atoms with Gasteiger partial charge in [0.25, 0.3) is 11.9 Å². The number of phenolic OH excluding ortho intramolecular Hbond substituents is 1. The predicted octanol–water partition coefficient (Wildman–Crippen LogP) is 2.75. The summed E-state index contributed by atoms with van der Waals surface area (Å²) >= 11 is 0. The Morgan fingerprint density at radius 1 is 1.09 bits per heavy atom. The van der Waals surface area contributed by atoms with E-state index in [2.05, 4.69) is 25.9 Å². The lowest BCUT2D eigenvalue weighted by Gasteiger charge is -2.28. The number of hydrogen-bond acceptors (Lipinski definition) is 5. The number of nitrogens with zero attached hydrogens (tertiary/aromatic N) is 3. The third-order valence-corrected chi connectivity index (χ3v) is 3.56. The SMILES string of the molecule is CC(C)(C)c1cc(C(=O)Nc2nn[nH]n2)cc(C(C)(C)C)c1O. The van der Waals surface area contributed by atoms with E-state index in [1.165, 1.54) is 0 Å². The number of rotatable bonds is 2. The van der Waals surface area contributed by atoms with Gasteiger partial charge in [0.1, 0.15) is 5.75 Å². The van der Waals surface area contributed by atoms with Crippen molar-refractivity contribution < 1.29 is 9.90 Å². The highest BCUT2D eigenvalue weighted by Crippen LogP contribution is 2.39. The number of aromatic hydroxyl groups is 1. The number of carbonyl (C=O) groups excluding carboxylic acids is 1. The zero-order chi connectivity index (χ0) is 17.4. The second-order valence-corrected chi connectivity index (χ2v) is 7.61. The van der Waals surface area contributed by atoms with Gasteiger partial charge in [0.05, 0.1) is 0 Å². The summed E-state index contributed by atoms with van der Waals surface area (Å²) in [6, 6.07) is 3.42. The number of anilines is 1. The monoisotopic (exact) mass is 317 g/mol. The van der Waals surface area contributed by atoms with E-state index in [1.807, 2.05) is 41.5 Å². The van der Waals surface area contributed by atoms with Crippen LogP contribution in [0, 0.1) is 0 Å². The van der Waals surface area contributed by atoms with Crippen molar-refractivity contribution in [3.05, 3.63) is 28.8 Å². The predicted molar refractivity (Wildman–Crippen MR) is 87.6 cm³/mol. The van der Waals surface area contributed by atoms with Gasteiger partial charge in [0.2, 0.25) is 0 Å². The number of tetrazole rings is 1. The third-order valence-electron chi connectivity index (χ3n) is 3.56. The molecule has 1 aromatic heterocycles. The summed E-state index contributed by atoms with van der Waals surface area (Å²) in [4.78, 5) is 12.5. The number of aromatic amines is 1. The molecule has 0 aliphatic rings. The van der Waals surface area contributed by atoms with Gasteiger partial charge < -0.3 is 5.11 Å². The first kappa shape index (κ1) is 16.9. The first-order chi connectivity index (χ1) is 10.5. The second kappa shape index (κ2) is 5.64. The largest absolute Gasteiger partial charge is 0.507 e. The lowest BCUT2D eigenvalue weighted by Crippen LogP contribution is -2.21. The molecule has 0 atom stereocenters. The van der Waals surface area contributed by atoms with Crippen LogP contribution in [-0.4, -0.2) is 31.6 Å². The molecule has 0 unspecified atom stereocenters. The molecule has 3 N–H and O–H groups in total. The van der Waals surface area contributed by atoms with Crippen molar-refractivity contribution in [3.63, 3.8) is 0 Å². The first-order valence-corrected chi connectivity index (χ1v) is 7.43. The zero-order valence-corrected chi connectivity index (χ0v) is 14.4. The van der Waals surface area contributed by atoms with Crippen LogP contribution in [0.2, 0.25) is 0 Å². The van der Waals surface area contributed by atoms with Gasteiger partial charge in [-0.1, -0.05) is 46.6 Å². The van der Waals surface area contributed by atoms with Crippen molar-refractivity contribution in [3.8, 4) is 5.75 Å². The number of nitrogens with one attached hydrogen (secondary N) is 2. The van der Waals surface area contributed by atoms with Gasteiger partial charge in [-0.3, -0.25) is 10.1 Å². The van der Waals surface area contributed by atoms with E-state index in [1.54, 1.807) is 12.1 Å². The first-order valence-electron chi connectivity index (χ1n) is 7.43. The molecular weight excluding hydrogens is 294 g/mol. The van der Waals surface area contributed by atoms with Crippen LogP contribution >= 0.6 is 0 Å². The van der Waals surface area contributed by atoms with Crippen molar-refractivity contribution in [1.29, 1.82) is 0 Å². The molecule has 0 aliphatic carbocycles. The van der Waals surface area contributed by atoms with Gasteiger partial charge in [-0.05, 0) is 28.2 Å². The Morgan fingerprint density at radius 2 is 1.61 bits per heavy atom. The highest BCUT2D eigenvalue weighted by atomic mass is 16.3. The summed E-state index contributed by atoms with van der Waals surface area (Å²) < 4.78 is 0. The lowest BCUT2D eigenvalue weighted by molar-refractivity contribution is 0.102. The zero-order valence-electron chi connectivity index (χ0n) is 14.4.